The molecule has 6 heteroatoms. The number of rotatable bonds is 4. The lowest BCUT2D eigenvalue weighted by Gasteiger charge is -2.31. The van der Waals surface area contributed by atoms with E-state index < -0.39 is 0 Å². The number of aromatic nitrogens is 2. The summed E-state index contributed by atoms with van der Waals surface area (Å²) in [6, 6.07) is 0. The number of amides is 1. The fourth-order valence-corrected chi connectivity index (χ4v) is 2.36. The average molecular weight is 252 g/mol. The zero-order chi connectivity index (χ0) is 13.0. The number of carbonyl (C=O) groups is 1. The number of likely N-dealkylation sites (tertiary alicyclic amines) is 1. The van der Waals surface area contributed by atoms with E-state index in [-0.39, 0.29) is 11.8 Å². The molecule has 0 aromatic carbocycles. The lowest BCUT2D eigenvalue weighted by molar-refractivity contribution is -0.135. The second kappa shape index (κ2) is 5.95. The summed E-state index contributed by atoms with van der Waals surface area (Å²) in [5.74, 6) is 1.01. The van der Waals surface area contributed by atoms with Gasteiger partial charge in [-0.15, -0.1) is 0 Å². The van der Waals surface area contributed by atoms with Gasteiger partial charge in [-0.25, -0.2) is 0 Å². The van der Waals surface area contributed by atoms with E-state index in [1.807, 2.05) is 7.05 Å². The van der Waals surface area contributed by atoms with E-state index >= 15 is 0 Å². The summed E-state index contributed by atoms with van der Waals surface area (Å²) < 4.78 is 4.67. The Bertz CT molecular complexity index is 379. The largest absolute Gasteiger partial charge is 0.345 e. The molecule has 2 heterocycles. The minimum Gasteiger partial charge on any atom is -0.345 e. The van der Waals surface area contributed by atoms with Crippen LogP contribution in [0.5, 0.6) is 0 Å². The molecule has 6 nitrogen and oxygen atoms in total. The number of likely N-dealkylation sites (N-methyl/N-ethyl adjacent to an activating group) is 1. The van der Waals surface area contributed by atoms with E-state index in [0.717, 1.165) is 25.9 Å². The second-order valence-corrected chi connectivity index (χ2v) is 4.96. The van der Waals surface area contributed by atoms with Crippen LogP contribution in [-0.2, 0) is 11.2 Å². The molecule has 0 radical (unpaired) electrons. The van der Waals surface area contributed by atoms with E-state index in [0.29, 0.717) is 18.8 Å². The molecule has 1 unspecified atom stereocenters. The van der Waals surface area contributed by atoms with Gasteiger partial charge in [-0.3, -0.25) is 4.79 Å². The van der Waals surface area contributed by atoms with Gasteiger partial charge in [-0.05, 0) is 26.4 Å². The van der Waals surface area contributed by atoms with E-state index in [9.17, 15) is 4.79 Å². The van der Waals surface area contributed by atoms with E-state index in [2.05, 4.69) is 26.6 Å². The molecule has 1 aromatic heterocycles. The number of hydrogen-bond acceptors (Lipinski definition) is 5. The minimum atomic E-state index is 0.138. The van der Waals surface area contributed by atoms with Crippen LogP contribution in [0.3, 0.4) is 0 Å². The van der Waals surface area contributed by atoms with Gasteiger partial charge in [0.1, 0.15) is 0 Å². The lowest BCUT2D eigenvalue weighted by Crippen LogP contribution is -2.42. The smallest absolute Gasteiger partial charge is 0.226 e. The molecule has 1 aromatic rings. The summed E-state index contributed by atoms with van der Waals surface area (Å²) in [7, 11) is 3.91. The topological polar surface area (TPSA) is 62.5 Å². The fraction of sp³-hybridized carbons (Fsp3) is 0.750. The highest BCUT2D eigenvalue weighted by Crippen LogP contribution is 2.17. The molecule has 1 aliphatic rings. The van der Waals surface area contributed by atoms with Gasteiger partial charge in [0.15, 0.2) is 5.82 Å². The number of carbonyl (C=O) groups excluding carboxylic acids is 1. The van der Waals surface area contributed by atoms with Crippen LogP contribution >= 0.6 is 0 Å². The molecule has 0 saturated carbocycles. The van der Waals surface area contributed by atoms with Crippen LogP contribution in [0.1, 0.15) is 18.7 Å². The van der Waals surface area contributed by atoms with Gasteiger partial charge in [-0.2, -0.15) is 4.98 Å². The van der Waals surface area contributed by atoms with Crippen LogP contribution < -0.4 is 0 Å². The summed E-state index contributed by atoms with van der Waals surface area (Å²) in [4.78, 5) is 20.2. The van der Waals surface area contributed by atoms with Crippen molar-refractivity contribution in [1.82, 2.24) is 19.9 Å². The van der Waals surface area contributed by atoms with Crippen molar-refractivity contribution in [1.29, 1.82) is 0 Å². The summed E-state index contributed by atoms with van der Waals surface area (Å²) in [5, 5.41) is 3.74. The molecule has 0 bridgehead atoms. The van der Waals surface area contributed by atoms with Crippen LogP contribution in [0.25, 0.3) is 0 Å². The summed E-state index contributed by atoms with van der Waals surface area (Å²) in [5.41, 5.74) is 0. The third kappa shape index (κ3) is 3.29. The molecule has 1 atom stereocenters. The quantitative estimate of drug-likeness (QED) is 0.777. The Morgan fingerprint density at radius 2 is 2.50 bits per heavy atom. The van der Waals surface area contributed by atoms with Crippen molar-refractivity contribution in [2.45, 2.75) is 19.3 Å². The average Bonchev–Trinajstić information content (AvgIpc) is 2.88. The fourth-order valence-electron chi connectivity index (χ4n) is 2.36. The van der Waals surface area contributed by atoms with E-state index in [4.69, 9.17) is 0 Å². The van der Waals surface area contributed by atoms with Crippen molar-refractivity contribution in [3.8, 4) is 0 Å². The normalized spacial score (nSPS) is 20.9. The minimum absolute atomic E-state index is 0.138. The highest BCUT2D eigenvalue weighted by Gasteiger charge is 2.26. The van der Waals surface area contributed by atoms with Gasteiger partial charge in [0, 0.05) is 26.6 Å². The maximum absolute atomic E-state index is 12.2. The predicted molar refractivity (Wildman–Crippen MR) is 65.9 cm³/mol. The molecular formula is C12H20N4O2. The van der Waals surface area contributed by atoms with Crippen LogP contribution in [0.15, 0.2) is 10.9 Å². The first kappa shape index (κ1) is 13.0. The molecule has 1 amide bonds. The summed E-state index contributed by atoms with van der Waals surface area (Å²) in [6.45, 7) is 2.60. The first-order valence-corrected chi connectivity index (χ1v) is 6.35. The molecule has 1 saturated heterocycles. The second-order valence-electron chi connectivity index (χ2n) is 4.96. The van der Waals surface area contributed by atoms with Gasteiger partial charge < -0.3 is 14.3 Å². The van der Waals surface area contributed by atoms with Crippen LogP contribution in [0.4, 0.5) is 0 Å². The Labute approximate surface area is 107 Å². The van der Waals surface area contributed by atoms with Crippen molar-refractivity contribution in [3.05, 3.63) is 12.2 Å². The Kier molecular flexibility index (Phi) is 4.30. The Balaban J connectivity index is 1.80. The van der Waals surface area contributed by atoms with Crippen molar-refractivity contribution < 1.29 is 9.32 Å². The van der Waals surface area contributed by atoms with Crippen LogP contribution in [-0.4, -0.2) is 59.6 Å². The van der Waals surface area contributed by atoms with E-state index in [1.54, 1.807) is 4.90 Å². The highest BCUT2D eigenvalue weighted by molar-refractivity contribution is 5.78. The van der Waals surface area contributed by atoms with E-state index in [1.165, 1.54) is 6.39 Å². The summed E-state index contributed by atoms with van der Waals surface area (Å²) in [6.07, 6.45) is 4.05. The third-order valence-electron chi connectivity index (χ3n) is 3.43. The molecular weight excluding hydrogens is 232 g/mol. The number of hydrogen-bond donors (Lipinski definition) is 0. The van der Waals surface area contributed by atoms with Gasteiger partial charge >= 0.3 is 0 Å². The first-order valence-electron chi connectivity index (χ1n) is 6.35. The maximum Gasteiger partial charge on any atom is 0.226 e. The Morgan fingerprint density at radius 3 is 3.17 bits per heavy atom. The van der Waals surface area contributed by atoms with Crippen LogP contribution in [0.2, 0.25) is 0 Å². The SMILES string of the molecule is CN1CCCC(C(=O)N(C)CCc2ncon2)C1. The maximum atomic E-state index is 12.2. The van der Waals surface area contributed by atoms with Gasteiger partial charge in [0.25, 0.3) is 0 Å². The number of nitrogens with zero attached hydrogens (tertiary/aromatic N) is 4. The van der Waals surface area contributed by atoms with Crippen molar-refractivity contribution >= 4 is 5.91 Å². The molecule has 0 spiro atoms. The summed E-state index contributed by atoms with van der Waals surface area (Å²) >= 11 is 0. The predicted octanol–water partition coefficient (Wildman–Crippen LogP) is 0.412. The molecule has 1 fully saturated rings. The standard InChI is InChI=1S/C12H20N4O2/c1-15-6-3-4-10(8-15)12(17)16(2)7-5-11-13-9-18-14-11/h9-10H,3-8H2,1-2H3. The first-order chi connectivity index (χ1) is 8.66. The van der Waals surface area contributed by atoms with Crippen LogP contribution in [0, 0.1) is 5.92 Å². The molecule has 0 aliphatic carbocycles. The highest BCUT2D eigenvalue weighted by atomic mass is 16.5. The Morgan fingerprint density at radius 1 is 1.67 bits per heavy atom. The third-order valence-corrected chi connectivity index (χ3v) is 3.43. The lowest BCUT2D eigenvalue weighted by atomic mass is 9.97. The zero-order valence-electron chi connectivity index (χ0n) is 11.0. The van der Waals surface area contributed by atoms with Crippen molar-refractivity contribution in [3.63, 3.8) is 0 Å². The molecule has 0 N–H and O–H groups in total. The zero-order valence-corrected chi connectivity index (χ0v) is 11.0. The Hall–Kier alpha value is -1.43. The van der Waals surface area contributed by atoms with Gasteiger partial charge in [0.2, 0.25) is 12.3 Å². The molecule has 2 rings (SSSR count). The molecule has 1 aliphatic heterocycles. The van der Waals surface area contributed by atoms with Crippen molar-refractivity contribution in [2.24, 2.45) is 5.92 Å². The molecule has 18 heavy (non-hydrogen) atoms. The van der Waals surface area contributed by atoms with Gasteiger partial charge in [-0.1, -0.05) is 5.16 Å². The number of piperidine rings is 1. The molecule has 100 valence electrons. The van der Waals surface area contributed by atoms with Crippen molar-refractivity contribution in [2.75, 3.05) is 33.7 Å². The van der Waals surface area contributed by atoms with Gasteiger partial charge in [0.05, 0.1) is 5.92 Å². The monoisotopic (exact) mass is 252 g/mol.